The van der Waals surface area contributed by atoms with Crippen molar-refractivity contribution in [3.63, 3.8) is 0 Å². The molecule has 0 spiro atoms. The summed E-state index contributed by atoms with van der Waals surface area (Å²) in [5.74, 6) is -0.714. The molecule has 1 unspecified atom stereocenters. The van der Waals surface area contributed by atoms with Crippen molar-refractivity contribution in [2.75, 3.05) is 6.61 Å². The van der Waals surface area contributed by atoms with Crippen LogP contribution in [0.3, 0.4) is 0 Å². The zero-order chi connectivity index (χ0) is 16.1. The van der Waals surface area contributed by atoms with Gasteiger partial charge in [-0.15, -0.1) is 0 Å². The first-order chi connectivity index (χ1) is 10.5. The summed E-state index contributed by atoms with van der Waals surface area (Å²) in [7, 11) is 0. The quantitative estimate of drug-likeness (QED) is 0.614. The molecule has 1 aliphatic heterocycles. The highest BCUT2D eigenvalue weighted by Gasteiger charge is 2.46. The first-order valence-electron chi connectivity index (χ1n) is 7.31. The molecule has 1 aromatic rings. The summed E-state index contributed by atoms with van der Waals surface area (Å²) in [5.41, 5.74) is 0.861. The SMILES string of the molecule is CC(OC(=O)OCc1ccccc1)[C@H]1C(=O)N[C@H]1[C@@H](C)CO. The van der Waals surface area contributed by atoms with Crippen LogP contribution in [0.1, 0.15) is 19.4 Å². The molecule has 0 bridgehead atoms. The average molecular weight is 307 g/mol. The molecule has 1 fully saturated rings. The van der Waals surface area contributed by atoms with Crippen LogP contribution in [0, 0.1) is 11.8 Å². The Morgan fingerprint density at radius 1 is 1.32 bits per heavy atom. The molecule has 120 valence electrons. The third kappa shape index (κ3) is 3.76. The van der Waals surface area contributed by atoms with Crippen LogP contribution in [0.4, 0.5) is 4.79 Å². The molecule has 6 heteroatoms. The Hall–Kier alpha value is -2.08. The normalized spacial score (nSPS) is 23.0. The number of β-lactam (4-membered cyclic amide) rings is 1. The smallest absolute Gasteiger partial charge is 0.430 e. The Labute approximate surface area is 129 Å². The highest BCUT2D eigenvalue weighted by molar-refractivity contribution is 5.86. The molecular weight excluding hydrogens is 286 g/mol. The minimum atomic E-state index is -0.800. The number of aliphatic hydroxyl groups excluding tert-OH is 1. The number of rotatable bonds is 6. The van der Waals surface area contributed by atoms with Crippen LogP contribution in [0.5, 0.6) is 0 Å². The number of hydrogen-bond donors (Lipinski definition) is 2. The van der Waals surface area contributed by atoms with Crippen molar-refractivity contribution in [2.45, 2.75) is 32.6 Å². The van der Waals surface area contributed by atoms with Gasteiger partial charge in [-0.3, -0.25) is 4.79 Å². The van der Waals surface area contributed by atoms with E-state index in [-0.39, 0.29) is 31.1 Å². The van der Waals surface area contributed by atoms with Crippen LogP contribution in [-0.4, -0.2) is 35.9 Å². The van der Waals surface area contributed by atoms with Gasteiger partial charge in [0.05, 0.1) is 5.92 Å². The summed E-state index contributed by atoms with van der Waals surface area (Å²) in [6.45, 7) is 3.58. The van der Waals surface area contributed by atoms with Crippen molar-refractivity contribution in [3.8, 4) is 0 Å². The van der Waals surface area contributed by atoms with Crippen LogP contribution >= 0.6 is 0 Å². The van der Waals surface area contributed by atoms with Crippen LogP contribution in [0.2, 0.25) is 0 Å². The zero-order valence-electron chi connectivity index (χ0n) is 12.7. The Morgan fingerprint density at radius 2 is 2.00 bits per heavy atom. The van der Waals surface area contributed by atoms with E-state index in [0.717, 1.165) is 5.56 Å². The van der Waals surface area contributed by atoms with E-state index in [2.05, 4.69) is 5.32 Å². The molecule has 2 N–H and O–H groups in total. The van der Waals surface area contributed by atoms with E-state index < -0.39 is 18.2 Å². The summed E-state index contributed by atoms with van der Waals surface area (Å²) >= 11 is 0. The molecule has 1 saturated heterocycles. The molecule has 6 nitrogen and oxygen atoms in total. The lowest BCUT2D eigenvalue weighted by molar-refractivity contribution is -0.144. The lowest BCUT2D eigenvalue weighted by Gasteiger charge is -2.42. The number of nitrogens with one attached hydrogen (secondary N) is 1. The molecule has 0 saturated carbocycles. The second kappa shape index (κ2) is 7.26. The molecule has 0 radical (unpaired) electrons. The fourth-order valence-corrected chi connectivity index (χ4v) is 2.51. The topological polar surface area (TPSA) is 84.9 Å². The first kappa shape index (κ1) is 16.3. The molecule has 22 heavy (non-hydrogen) atoms. The van der Waals surface area contributed by atoms with E-state index >= 15 is 0 Å². The number of aliphatic hydroxyl groups is 1. The van der Waals surface area contributed by atoms with Crippen molar-refractivity contribution in [1.29, 1.82) is 0 Å². The third-order valence-electron chi connectivity index (χ3n) is 3.89. The molecule has 1 heterocycles. The number of carbonyl (C=O) groups is 2. The van der Waals surface area contributed by atoms with Gasteiger partial charge in [-0.2, -0.15) is 0 Å². The average Bonchev–Trinajstić information content (AvgIpc) is 2.50. The van der Waals surface area contributed by atoms with Gasteiger partial charge in [-0.05, 0) is 12.5 Å². The fraction of sp³-hybridized carbons (Fsp3) is 0.500. The minimum Gasteiger partial charge on any atom is -0.430 e. The minimum absolute atomic E-state index is 0.0351. The van der Waals surface area contributed by atoms with E-state index in [4.69, 9.17) is 14.6 Å². The summed E-state index contributed by atoms with van der Waals surface area (Å²) in [6.07, 6.45) is -1.40. The van der Waals surface area contributed by atoms with Gasteiger partial charge in [0.15, 0.2) is 0 Å². The van der Waals surface area contributed by atoms with Crippen molar-refractivity contribution in [2.24, 2.45) is 11.8 Å². The monoisotopic (exact) mass is 307 g/mol. The number of amides is 1. The Kier molecular flexibility index (Phi) is 5.38. The zero-order valence-corrected chi connectivity index (χ0v) is 12.7. The van der Waals surface area contributed by atoms with Gasteiger partial charge in [0.2, 0.25) is 5.91 Å². The van der Waals surface area contributed by atoms with E-state index in [1.165, 1.54) is 0 Å². The van der Waals surface area contributed by atoms with Gasteiger partial charge in [-0.1, -0.05) is 37.3 Å². The Bertz CT molecular complexity index is 519. The second-order valence-corrected chi connectivity index (χ2v) is 5.57. The van der Waals surface area contributed by atoms with Crippen LogP contribution in [0.15, 0.2) is 30.3 Å². The first-order valence-corrected chi connectivity index (χ1v) is 7.31. The van der Waals surface area contributed by atoms with Gasteiger partial charge in [0.1, 0.15) is 12.7 Å². The second-order valence-electron chi connectivity index (χ2n) is 5.57. The van der Waals surface area contributed by atoms with E-state index in [0.29, 0.717) is 0 Å². The van der Waals surface area contributed by atoms with Crippen LogP contribution in [-0.2, 0) is 20.9 Å². The lowest BCUT2D eigenvalue weighted by atomic mass is 9.79. The molecule has 4 atom stereocenters. The molecule has 1 aromatic carbocycles. The summed E-state index contributed by atoms with van der Waals surface area (Å²) in [5, 5.41) is 11.9. The summed E-state index contributed by atoms with van der Waals surface area (Å²) in [6, 6.07) is 9.08. The molecule has 0 aliphatic carbocycles. The summed E-state index contributed by atoms with van der Waals surface area (Å²) < 4.78 is 10.2. The number of ether oxygens (including phenoxy) is 2. The van der Waals surface area contributed by atoms with E-state index in [1.54, 1.807) is 6.92 Å². The van der Waals surface area contributed by atoms with Crippen molar-refractivity contribution < 1.29 is 24.2 Å². The van der Waals surface area contributed by atoms with Gasteiger partial charge in [-0.25, -0.2) is 4.79 Å². The van der Waals surface area contributed by atoms with Gasteiger partial charge in [0.25, 0.3) is 0 Å². The maximum Gasteiger partial charge on any atom is 0.508 e. The number of benzene rings is 1. The van der Waals surface area contributed by atoms with Gasteiger partial charge in [0, 0.05) is 18.6 Å². The predicted molar refractivity (Wildman–Crippen MR) is 78.8 cm³/mol. The van der Waals surface area contributed by atoms with Crippen molar-refractivity contribution in [3.05, 3.63) is 35.9 Å². The largest absolute Gasteiger partial charge is 0.508 e. The lowest BCUT2D eigenvalue weighted by Crippen LogP contribution is -2.65. The molecular formula is C16H21NO5. The maximum absolute atomic E-state index is 11.7. The van der Waals surface area contributed by atoms with Gasteiger partial charge < -0.3 is 19.9 Å². The van der Waals surface area contributed by atoms with Crippen molar-refractivity contribution >= 4 is 12.1 Å². The standard InChI is InChI=1S/C16H21NO5/c1-10(8-18)14-13(15(19)17-14)11(2)22-16(20)21-9-12-6-4-3-5-7-12/h3-7,10-11,13-14,18H,8-9H2,1-2H3,(H,17,19)/t10-,11?,13+,14-/m0/s1. The van der Waals surface area contributed by atoms with Crippen LogP contribution < -0.4 is 5.32 Å². The number of hydrogen-bond acceptors (Lipinski definition) is 5. The summed E-state index contributed by atoms with van der Waals surface area (Å²) in [4.78, 5) is 23.3. The van der Waals surface area contributed by atoms with E-state index in [1.807, 2.05) is 37.3 Å². The van der Waals surface area contributed by atoms with Crippen molar-refractivity contribution in [1.82, 2.24) is 5.32 Å². The van der Waals surface area contributed by atoms with E-state index in [9.17, 15) is 9.59 Å². The number of carbonyl (C=O) groups excluding carboxylic acids is 2. The maximum atomic E-state index is 11.7. The Balaban J connectivity index is 1.82. The van der Waals surface area contributed by atoms with Gasteiger partial charge >= 0.3 is 6.16 Å². The highest BCUT2D eigenvalue weighted by Crippen LogP contribution is 2.27. The van der Waals surface area contributed by atoms with Crippen LogP contribution in [0.25, 0.3) is 0 Å². The Morgan fingerprint density at radius 3 is 2.59 bits per heavy atom. The molecule has 1 aliphatic rings. The molecule has 0 aromatic heterocycles. The predicted octanol–water partition coefficient (Wildman–Crippen LogP) is 1.47. The third-order valence-corrected chi connectivity index (χ3v) is 3.89. The molecule has 2 rings (SSSR count). The highest BCUT2D eigenvalue weighted by atomic mass is 16.7. The fourth-order valence-electron chi connectivity index (χ4n) is 2.51. The molecule has 1 amide bonds.